The third-order valence-electron chi connectivity index (χ3n) is 11.5. The Kier molecular flexibility index (Phi) is 9.65. The summed E-state index contributed by atoms with van der Waals surface area (Å²) in [5, 5.41) is 9.85. The maximum absolute atomic E-state index is 15.3. The fourth-order valence-electron chi connectivity index (χ4n) is 8.47. The number of anilines is 1. The van der Waals surface area contributed by atoms with E-state index < -0.39 is 10.0 Å². The largest absolute Gasteiger partial charge is 0.508 e. The van der Waals surface area contributed by atoms with E-state index in [1.165, 1.54) is 9.87 Å². The number of hydrogen-bond acceptors (Lipinski definition) is 7. The molecule has 1 saturated heterocycles. The molecule has 8 rings (SSSR count). The minimum absolute atomic E-state index is 0.00225. The molecule has 12 heteroatoms. The van der Waals surface area contributed by atoms with Crippen LogP contribution in [0.1, 0.15) is 68.4 Å². The average molecular weight is 738 g/mol. The summed E-state index contributed by atoms with van der Waals surface area (Å²) >= 11 is 0. The van der Waals surface area contributed by atoms with E-state index in [0.717, 1.165) is 79.0 Å². The van der Waals surface area contributed by atoms with Gasteiger partial charge in [0.25, 0.3) is 11.8 Å². The van der Waals surface area contributed by atoms with Gasteiger partial charge in [-0.3, -0.25) is 14.5 Å². The summed E-state index contributed by atoms with van der Waals surface area (Å²) < 4.78 is 35.5. The van der Waals surface area contributed by atoms with Gasteiger partial charge in [-0.1, -0.05) is 24.3 Å². The SMILES string of the molecule is CCS(=O)(=O)N1Cc2cc(C(=O)N3Cc4ccccc4C[C@H]3CN3CCOCC3)c(-c3cc(C(=O)N(C)c4ccc(O)cc4)c4n3CCCC4)cc2C1. The number of fused-ring (bicyclic) bond motifs is 3. The molecule has 5 heterocycles. The lowest BCUT2D eigenvalue weighted by atomic mass is 9.91. The Hall–Kier alpha value is -4.49. The second-order valence-electron chi connectivity index (χ2n) is 14.7. The van der Waals surface area contributed by atoms with E-state index in [1.54, 1.807) is 43.1 Å². The van der Waals surface area contributed by atoms with E-state index in [1.807, 2.05) is 29.2 Å². The lowest BCUT2D eigenvalue weighted by molar-refractivity contribution is 0.0193. The number of sulfonamides is 1. The van der Waals surface area contributed by atoms with Crippen LogP contribution in [-0.4, -0.2) is 95.7 Å². The standard InChI is InChI=1S/C41H47N5O6S/c1-3-53(50,51)44-24-30-21-35(39-23-37(38-10-6-7-15-45(38)39)40(48)42(2)32-11-13-34(47)14-12-32)36(22-31(30)25-44)41(49)46-26-29-9-5-4-8-28(29)20-33(46)27-43-16-18-52-19-17-43/h4-5,8-9,11-14,21-23,33,47H,3,6-7,10,15-20,24-27H2,1-2H3/t33-/m0/s1. The van der Waals surface area contributed by atoms with Crippen LogP contribution >= 0.6 is 0 Å². The van der Waals surface area contributed by atoms with Crippen LogP contribution in [-0.2, 0) is 53.8 Å². The van der Waals surface area contributed by atoms with E-state index in [2.05, 4.69) is 27.7 Å². The van der Waals surface area contributed by atoms with E-state index in [4.69, 9.17) is 4.74 Å². The highest BCUT2D eigenvalue weighted by atomic mass is 32.2. The molecule has 4 aliphatic rings. The molecule has 3 aromatic carbocycles. The number of nitrogens with zero attached hydrogens (tertiary/aromatic N) is 5. The number of morpholine rings is 1. The molecule has 4 aliphatic heterocycles. The van der Waals surface area contributed by atoms with Gasteiger partial charge in [0, 0.05) is 87.1 Å². The fourth-order valence-corrected chi connectivity index (χ4v) is 9.51. The van der Waals surface area contributed by atoms with Gasteiger partial charge in [0.15, 0.2) is 0 Å². The first-order chi connectivity index (χ1) is 25.6. The molecular formula is C41H47N5O6S. The van der Waals surface area contributed by atoms with Gasteiger partial charge in [0.2, 0.25) is 10.0 Å². The second kappa shape index (κ2) is 14.4. The zero-order valence-electron chi connectivity index (χ0n) is 30.5. The predicted octanol–water partition coefficient (Wildman–Crippen LogP) is 5.04. The molecule has 1 fully saturated rings. The molecule has 53 heavy (non-hydrogen) atoms. The fraction of sp³-hybridized carbons (Fsp3) is 0.415. The van der Waals surface area contributed by atoms with Gasteiger partial charge in [-0.25, -0.2) is 8.42 Å². The van der Waals surface area contributed by atoms with Crippen molar-refractivity contribution < 1.29 is 27.9 Å². The summed E-state index contributed by atoms with van der Waals surface area (Å²) in [6.07, 6.45) is 3.36. The molecule has 0 aliphatic carbocycles. The number of phenols is 1. The molecule has 1 N–H and O–H groups in total. The Balaban J connectivity index is 1.24. The Labute approximate surface area is 311 Å². The Bertz CT molecular complexity index is 2160. The zero-order valence-corrected chi connectivity index (χ0v) is 31.3. The topological polar surface area (TPSA) is 116 Å². The van der Waals surface area contributed by atoms with Crippen LogP contribution in [0.4, 0.5) is 5.69 Å². The van der Waals surface area contributed by atoms with Crippen LogP contribution in [0.3, 0.4) is 0 Å². The highest BCUT2D eigenvalue weighted by molar-refractivity contribution is 7.89. The van der Waals surface area contributed by atoms with Gasteiger partial charge in [-0.15, -0.1) is 0 Å². The van der Waals surface area contributed by atoms with E-state index in [9.17, 15) is 18.3 Å². The highest BCUT2D eigenvalue weighted by Crippen LogP contribution is 2.39. The monoisotopic (exact) mass is 737 g/mol. The number of rotatable bonds is 8. The molecule has 1 atom stereocenters. The van der Waals surface area contributed by atoms with Gasteiger partial charge in [-0.05, 0) is 97.3 Å². The van der Waals surface area contributed by atoms with Crippen molar-refractivity contribution in [2.75, 3.05) is 50.5 Å². The van der Waals surface area contributed by atoms with Crippen LogP contribution in [0.25, 0.3) is 11.3 Å². The van der Waals surface area contributed by atoms with Gasteiger partial charge in [0.05, 0.1) is 24.5 Å². The van der Waals surface area contributed by atoms with Crippen molar-refractivity contribution in [3.05, 3.63) is 106 Å². The van der Waals surface area contributed by atoms with Crippen LogP contribution in [0.5, 0.6) is 5.75 Å². The molecular weight excluding hydrogens is 691 g/mol. The number of aromatic nitrogens is 1. The third-order valence-corrected chi connectivity index (χ3v) is 13.3. The maximum atomic E-state index is 15.3. The molecule has 0 spiro atoms. The number of hydrogen-bond donors (Lipinski definition) is 1. The predicted molar refractivity (Wildman–Crippen MR) is 203 cm³/mol. The Morgan fingerprint density at radius 3 is 2.32 bits per heavy atom. The zero-order chi connectivity index (χ0) is 36.9. The molecule has 0 saturated carbocycles. The van der Waals surface area contributed by atoms with Gasteiger partial charge >= 0.3 is 0 Å². The maximum Gasteiger partial charge on any atom is 0.259 e. The minimum atomic E-state index is -3.46. The van der Waals surface area contributed by atoms with Crippen molar-refractivity contribution in [3.8, 4) is 17.0 Å². The summed E-state index contributed by atoms with van der Waals surface area (Å²) in [5.74, 6) is -0.128. The average Bonchev–Trinajstić information content (AvgIpc) is 3.79. The highest BCUT2D eigenvalue weighted by Gasteiger charge is 2.37. The van der Waals surface area contributed by atoms with Crippen molar-refractivity contribution in [2.24, 2.45) is 0 Å². The van der Waals surface area contributed by atoms with Gasteiger partial charge < -0.3 is 24.2 Å². The third kappa shape index (κ3) is 6.78. The number of amides is 2. The first kappa shape index (κ1) is 35.5. The molecule has 278 valence electrons. The number of carbonyl (C=O) groups is 2. The van der Waals surface area contributed by atoms with Crippen LogP contribution in [0.15, 0.2) is 66.7 Å². The first-order valence-corrected chi connectivity index (χ1v) is 20.3. The minimum Gasteiger partial charge on any atom is -0.508 e. The summed E-state index contributed by atoms with van der Waals surface area (Å²) in [6.45, 7) is 7.01. The summed E-state index contributed by atoms with van der Waals surface area (Å²) in [6, 6.07) is 20.7. The molecule has 0 bridgehead atoms. The molecule has 1 aromatic heterocycles. The molecule has 4 aromatic rings. The lowest BCUT2D eigenvalue weighted by Crippen LogP contribution is -2.52. The summed E-state index contributed by atoms with van der Waals surface area (Å²) in [7, 11) is -1.73. The van der Waals surface area contributed by atoms with Crippen molar-refractivity contribution in [1.29, 1.82) is 0 Å². The van der Waals surface area contributed by atoms with Gasteiger partial charge in [-0.2, -0.15) is 4.31 Å². The van der Waals surface area contributed by atoms with Crippen molar-refractivity contribution in [2.45, 2.75) is 64.8 Å². The number of aromatic hydroxyl groups is 1. The van der Waals surface area contributed by atoms with E-state index >= 15 is 4.79 Å². The number of ether oxygens (including phenoxy) is 1. The van der Waals surface area contributed by atoms with Gasteiger partial charge in [0.1, 0.15) is 5.75 Å². The van der Waals surface area contributed by atoms with Crippen LogP contribution in [0.2, 0.25) is 0 Å². The van der Waals surface area contributed by atoms with E-state index in [-0.39, 0.29) is 42.4 Å². The molecule has 0 radical (unpaired) electrons. The Morgan fingerprint density at radius 1 is 0.868 bits per heavy atom. The normalized spacial score (nSPS) is 19.1. The quantitative estimate of drug-likeness (QED) is 0.270. The number of phenolic OH excluding ortho intramolecular Hbond substituents is 1. The molecule has 0 unspecified atom stereocenters. The van der Waals surface area contributed by atoms with E-state index in [0.29, 0.717) is 43.1 Å². The second-order valence-corrected chi connectivity index (χ2v) is 16.9. The van der Waals surface area contributed by atoms with Crippen LogP contribution < -0.4 is 4.90 Å². The number of benzene rings is 3. The molecule has 11 nitrogen and oxygen atoms in total. The Morgan fingerprint density at radius 2 is 1.58 bits per heavy atom. The van der Waals surface area contributed by atoms with Crippen molar-refractivity contribution in [3.63, 3.8) is 0 Å². The van der Waals surface area contributed by atoms with Crippen molar-refractivity contribution in [1.82, 2.24) is 18.7 Å². The smallest absolute Gasteiger partial charge is 0.259 e. The number of carbonyl (C=O) groups excluding carboxylic acids is 2. The van der Waals surface area contributed by atoms with Crippen molar-refractivity contribution >= 4 is 27.5 Å². The first-order valence-electron chi connectivity index (χ1n) is 18.7. The lowest BCUT2D eigenvalue weighted by Gasteiger charge is -2.40. The molecule has 2 amide bonds. The van der Waals surface area contributed by atoms with Crippen LogP contribution in [0, 0.1) is 0 Å². The summed E-state index contributed by atoms with van der Waals surface area (Å²) in [4.78, 5) is 35.5. The summed E-state index contributed by atoms with van der Waals surface area (Å²) in [5.41, 5.74) is 8.34.